The van der Waals surface area contributed by atoms with Gasteiger partial charge < -0.3 is 9.30 Å². The third-order valence-corrected chi connectivity index (χ3v) is 6.50. The number of imidazole rings is 1. The van der Waals surface area contributed by atoms with Crippen molar-refractivity contribution in [3.8, 4) is 0 Å². The molecule has 0 aliphatic carbocycles. The molecule has 1 aliphatic heterocycles. The summed E-state index contributed by atoms with van der Waals surface area (Å²) in [5.74, 6) is 1.07. The summed E-state index contributed by atoms with van der Waals surface area (Å²) in [4.78, 5) is 33.7. The maximum atomic E-state index is 12.4. The van der Waals surface area contributed by atoms with Gasteiger partial charge in [0.1, 0.15) is 0 Å². The highest BCUT2D eigenvalue weighted by molar-refractivity contribution is 7.97. The highest BCUT2D eigenvalue weighted by Gasteiger charge is 2.13. The summed E-state index contributed by atoms with van der Waals surface area (Å²) in [5, 5.41) is 0. The summed E-state index contributed by atoms with van der Waals surface area (Å²) in [5.41, 5.74) is 2.17. The Balaban J connectivity index is 1.28. The van der Waals surface area contributed by atoms with E-state index in [9.17, 15) is 9.59 Å². The second-order valence-electron chi connectivity index (χ2n) is 7.84. The quantitative estimate of drug-likeness (QED) is 0.350. The van der Waals surface area contributed by atoms with Crippen molar-refractivity contribution in [1.29, 1.82) is 0 Å². The molecular formula is C22H30N6O3S. The molecule has 0 unspecified atom stereocenters. The van der Waals surface area contributed by atoms with E-state index in [-0.39, 0.29) is 0 Å². The number of aromatic nitrogens is 4. The van der Waals surface area contributed by atoms with Crippen LogP contribution in [-0.4, -0.2) is 62.6 Å². The zero-order chi connectivity index (χ0) is 22.3. The predicted molar refractivity (Wildman–Crippen MR) is 127 cm³/mol. The van der Waals surface area contributed by atoms with Crippen molar-refractivity contribution in [3.05, 3.63) is 62.6 Å². The Morgan fingerprint density at radius 2 is 1.91 bits per heavy atom. The van der Waals surface area contributed by atoms with Crippen LogP contribution in [0.5, 0.6) is 0 Å². The van der Waals surface area contributed by atoms with Crippen molar-refractivity contribution < 1.29 is 4.74 Å². The molecule has 1 aliphatic rings. The first kappa shape index (κ1) is 22.8. The zero-order valence-corrected chi connectivity index (χ0v) is 19.2. The van der Waals surface area contributed by atoms with Gasteiger partial charge in [0.25, 0.3) is 5.56 Å². The third kappa shape index (κ3) is 5.50. The summed E-state index contributed by atoms with van der Waals surface area (Å²) in [6.07, 6.45) is 2.76. The van der Waals surface area contributed by atoms with Crippen molar-refractivity contribution >= 4 is 23.1 Å². The number of benzene rings is 1. The van der Waals surface area contributed by atoms with Gasteiger partial charge in [-0.15, -0.1) is 0 Å². The van der Waals surface area contributed by atoms with Crippen LogP contribution in [0.1, 0.15) is 24.5 Å². The highest BCUT2D eigenvalue weighted by atomic mass is 32.2. The number of nitrogens with one attached hydrogen (secondary N) is 2. The van der Waals surface area contributed by atoms with Crippen LogP contribution in [-0.2, 0) is 24.4 Å². The van der Waals surface area contributed by atoms with Crippen LogP contribution in [0.2, 0.25) is 0 Å². The molecule has 32 heavy (non-hydrogen) atoms. The zero-order valence-electron chi connectivity index (χ0n) is 18.4. The minimum Gasteiger partial charge on any atom is -0.379 e. The maximum absolute atomic E-state index is 12.4. The lowest BCUT2D eigenvalue weighted by Crippen LogP contribution is -2.37. The number of hydrogen-bond acceptors (Lipinski definition) is 7. The van der Waals surface area contributed by atoms with Crippen molar-refractivity contribution in [3.63, 3.8) is 0 Å². The number of aryl methyl sites for hydroxylation is 1. The Kier molecular flexibility index (Phi) is 7.80. The number of nitrogens with zero attached hydrogens (tertiary/aromatic N) is 4. The van der Waals surface area contributed by atoms with Gasteiger partial charge in [0.2, 0.25) is 0 Å². The van der Waals surface area contributed by atoms with Gasteiger partial charge in [-0.3, -0.25) is 24.0 Å². The Hall–Kier alpha value is -2.40. The highest BCUT2D eigenvalue weighted by Crippen LogP contribution is 2.11. The van der Waals surface area contributed by atoms with Crippen LogP contribution >= 0.6 is 11.9 Å². The molecule has 9 nitrogen and oxygen atoms in total. The second kappa shape index (κ2) is 11.0. The third-order valence-electron chi connectivity index (χ3n) is 5.66. The minimum atomic E-state index is -0.442. The molecule has 4 rings (SSSR count). The van der Waals surface area contributed by atoms with Gasteiger partial charge in [-0.2, -0.15) is 0 Å². The summed E-state index contributed by atoms with van der Waals surface area (Å²) in [6.45, 7) is 8.61. The van der Waals surface area contributed by atoms with E-state index in [0.717, 1.165) is 57.1 Å². The molecule has 0 amide bonds. The van der Waals surface area contributed by atoms with Crippen molar-refractivity contribution in [2.24, 2.45) is 0 Å². The molecule has 2 aromatic heterocycles. The van der Waals surface area contributed by atoms with Crippen molar-refractivity contribution in [2.45, 2.75) is 33.0 Å². The van der Waals surface area contributed by atoms with Crippen molar-refractivity contribution in [2.75, 3.05) is 38.6 Å². The number of hydrogen-bond donors (Lipinski definition) is 2. The maximum Gasteiger partial charge on any atom is 0.330 e. The van der Waals surface area contributed by atoms with Gasteiger partial charge >= 0.3 is 5.69 Å². The van der Waals surface area contributed by atoms with E-state index in [0.29, 0.717) is 24.3 Å². The molecular weight excluding hydrogens is 428 g/mol. The number of aromatic amines is 1. The molecule has 1 aromatic carbocycles. The Bertz CT molecular complexity index is 1130. The summed E-state index contributed by atoms with van der Waals surface area (Å²) < 4.78 is 12.1. The van der Waals surface area contributed by atoms with E-state index in [1.807, 2.05) is 19.1 Å². The fourth-order valence-electron chi connectivity index (χ4n) is 3.84. The molecule has 1 saturated heterocycles. The van der Waals surface area contributed by atoms with E-state index in [1.54, 1.807) is 22.8 Å². The van der Waals surface area contributed by atoms with Gasteiger partial charge in [0.05, 0.1) is 26.1 Å². The number of fused-ring (bicyclic) bond motifs is 1. The predicted octanol–water partition coefficient (Wildman–Crippen LogP) is 1.41. The van der Waals surface area contributed by atoms with Crippen LogP contribution in [0.15, 0.2) is 40.2 Å². The van der Waals surface area contributed by atoms with Gasteiger partial charge in [-0.05, 0) is 31.0 Å². The van der Waals surface area contributed by atoms with E-state index in [2.05, 4.69) is 31.7 Å². The standard InChI is InChI=1S/C22H30N6O3S/c1-2-27-16-23-20-19(27)21(29)25-22(30)28(20)15-18-6-4-17(5-7-18)14-24-32-13-3-8-26-9-11-31-12-10-26/h4-7,16,24H,2-3,8-15H2,1H3,(H,25,29,30). The average molecular weight is 459 g/mol. The first-order chi connectivity index (χ1) is 15.7. The molecule has 1 fully saturated rings. The number of H-pyrrole nitrogens is 1. The lowest BCUT2D eigenvalue weighted by atomic mass is 10.1. The topological polar surface area (TPSA) is 97.2 Å². The van der Waals surface area contributed by atoms with E-state index in [4.69, 9.17) is 4.74 Å². The van der Waals surface area contributed by atoms with Gasteiger partial charge in [0.15, 0.2) is 11.2 Å². The molecule has 3 aromatic rings. The molecule has 0 radical (unpaired) electrons. The number of morpholine rings is 1. The Labute approximate surface area is 190 Å². The SMILES string of the molecule is CCn1cnc2c1c(=O)[nH]c(=O)n2Cc1ccc(CNSCCCN2CCOCC2)cc1. The molecule has 0 bridgehead atoms. The number of ether oxygens (including phenoxy) is 1. The van der Waals surface area contributed by atoms with Crippen LogP contribution in [0.25, 0.3) is 11.2 Å². The smallest absolute Gasteiger partial charge is 0.330 e. The Morgan fingerprint density at radius 1 is 1.16 bits per heavy atom. The lowest BCUT2D eigenvalue weighted by Gasteiger charge is -2.26. The first-order valence-electron chi connectivity index (χ1n) is 11.1. The monoisotopic (exact) mass is 458 g/mol. The van der Waals surface area contributed by atoms with E-state index < -0.39 is 11.2 Å². The first-order valence-corrected chi connectivity index (χ1v) is 12.0. The van der Waals surface area contributed by atoms with E-state index in [1.165, 1.54) is 10.1 Å². The fourth-order valence-corrected chi connectivity index (χ4v) is 4.53. The van der Waals surface area contributed by atoms with E-state index >= 15 is 0 Å². The van der Waals surface area contributed by atoms with Gasteiger partial charge in [0, 0.05) is 31.9 Å². The molecule has 172 valence electrons. The molecule has 10 heteroatoms. The van der Waals surface area contributed by atoms with Crippen LogP contribution in [0, 0.1) is 0 Å². The number of rotatable bonds is 10. The molecule has 3 heterocycles. The van der Waals surface area contributed by atoms with Gasteiger partial charge in [-0.25, -0.2) is 9.78 Å². The van der Waals surface area contributed by atoms with Crippen LogP contribution in [0.4, 0.5) is 0 Å². The van der Waals surface area contributed by atoms with Crippen LogP contribution < -0.4 is 16.0 Å². The fraction of sp³-hybridized carbons (Fsp3) is 0.500. The summed E-state index contributed by atoms with van der Waals surface area (Å²) >= 11 is 1.75. The lowest BCUT2D eigenvalue weighted by molar-refractivity contribution is 0.0381. The molecule has 2 N–H and O–H groups in total. The van der Waals surface area contributed by atoms with Gasteiger partial charge in [-0.1, -0.05) is 36.2 Å². The van der Waals surface area contributed by atoms with Crippen molar-refractivity contribution in [1.82, 2.24) is 28.7 Å². The van der Waals surface area contributed by atoms with Crippen LogP contribution in [0.3, 0.4) is 0 Å². The summed E-state index contributed by atoms with van der Waals surface area (Å²) in [7, 11) is 0. The summed E-state index contributed by atoms with van der Waals surface area (Å²) in [6, 6.07) is 8.16. The normalized spacial score (nSPS) is 14.9. The minimum absolute atomic E-state index is 0.358. The Morgan fingerprint density at radius 3 is 2.66 bits per heavy atom. The molecule has 0 atom stereocenters. The second-order valence-corrected chi connectivity index (χ2v) is 8.83. The largest absolute Gasteiger partial charge is 0.379 e. The molecule has 0 spiro atoms. The average Bonchev–Trinajstić information content (AvgIpc) is 3.25. The molecule has 0 saturated carbocycles.